The standard InChI is InChI=1S/C26H25N5OS/c1-3-5-16-32-22-12-10-21(11-13-22)23-17-24-25-27-28-26(30(25)14-15-31(24)29-23)33-18-20-8-6-19(4-2)7-9-20/h4,6-15,17H,2-3,5,16,18H2,1H3. The van der Waals surface area contributed by atoms with Crippen molar-refractivity contribution in [3.8, 4) is 17.0 Å². The van der Waals surface area contributed by atoms with Crippen molar-refractivity contribution in [2.75, 3.05) is 6.61 Å². The highest BCUT2D eigenvalue weighted by molar-refractivity contribution is 7.98. The van der Waals surface area contributed by atoms with Crippen LogP contribution in [0, 0.1) is 0 Å². The van der Waals surface area contributed by atoms with E-state index in [0.717, 1.165) is 64.1 Å². The fourth-order valence-corrected chi connectivity index (χ4v) is 4.46. The number of benzene rings is 2. The third-order valence-corrected chi connectivity index (χ3v) is 6.50. The molecule has 0 unspecified atom stereocenters. The predicted molar refractivity (Wildman–Crippen MR) is 134 cm³/mol. The molecule has 0 N–H and O–H groups in total. The van der Waals surface area contributed by atoms with Crippen LogP contribution in [0.3, 0.4) is 0 Å². The van der Waals surface area contributed by atoms with E-state index in [2.05, 4.69) is 54.0 Å². The van der Waals surface area contributed by atoms with Crippen LogP contribution in [0.15, 0.2) is 78.7 Å². The molecule has 166 valence electrons. The molecular formula is C26H25N5OS. The van der Waals surface area contributed by atoms with Gasteiger partial charge in [-0.15, -0.1) is 10.2 Å². The molecule has 0 aliphatic carbocycles. The topological polar surface area (TPSA) is 56.7 Å². The lowest BCUT2D eigenvalue weighted by molar-refractivity contribution is 0.309. The molecule has 0 amide bonds. The minimum Gasteiger partial charge on any atom is -0.494 e. The highest BCUT2D eigenvalue weighted by Gasteiger charge is 2.13. The van der Waals surface area contributed by atoms with Gasteiger partial charge in [0.05, 0.1) is 12.3 Å². The molecule has 0 radical (unpaired) electrons. The lowest BCUT2D eigenvalue weighted by atomic mass is 10.1. The highest BCUT2D eigenvalue weighted by Crippen LogP contribution is 2.27. The molecule has 0 atom stereocenters. The molecule has 3 aromatic heterocycles. The van der Waals surface area contributed by atoms with Crippen LogP contribution < -0.4 is 4.74 Å². The normalized spacial score (nSPS) is 11.3. The van der Waals surface area contributed by atoms with Crippen LogP contribution in [0.1, 0.15) is 30.9 Å². The van der Waals surface area contributed by atoms with Gasteiger partial charge in [0.2, 0.25) is 0 Å². The van der Waals surface area contributed by atoms with Gasteiger partial charge in [-0.25, -0.2) is 4.52 Å². The molecule has 0 saturated carbocycles. The Hall–Kier alpha value is -3.58. The van der Waals surface area contributed by atoms with Gasteiger partial charge in [0.15, 0.2) is 10.8 Å². The second kappa shape index (κ2) is 9.50. The third-order valence-electron chi connectivity index (χ3n) is 5.49. The molecule has 6 nitrogen and oxygen atoms in total. The molecule has 0 spiro atoms. The Balaban J connectivity index is 1.36. The van der Waals surface area contributed by atoms with Crippen molar-refractivity contribution < 1.29 is 4.74 Å². The number of fused-ring (bicyclic) bond motifs is 3. The van der Waals surface area contributed by atoms with Gasteiger partial charge in [0.25, 0.3) is 0 Å². The fraction of sp³-hybridized carbons (Fsp3) is 0.192. The number of hydrogen-bond donors (Lipinski definition) is 0. The lowest BCUT2D eigenvalue weighted by Crippen LogP contribution is -1.96. The van der Waals surface area contributed by atoms with Crippen molar-refractivity contribution in [2.24, 2.45) is 0 Å². The van der Waals surface area contributed by atoms with E-state index in [1.165, 1.54) is 5.56 Å². The lowest BCUT2D eigenvalue weighted by Gasteiger charge is -2.05. The molecule has 0 aliphatic heterocycles. The molecule has 0 fully saturated rings. The van der Waals surface area contributed by atoms with Gasteiger partial charge < -0.3 is 4.74 Å². The van der Waals surface area contributed by atoms with Crippen molar-refractivity contribution in [1.82, 2.24) is 24.2 Å². The molecule has 33 heavy (non-hydrogen) atoms. The summed E-state index contributed by atoms with van der Waals surface area (Å²) in [5.41, 5.74) is 6.00. The van der Waals surface area contributed by atoms with Crippen LogP contribution in [0.2, 0.25) is 0 Å². The molecular weight excluding hydrogens is 430 g/mol. The van der Waals surface area contributed by atoms with Crippen molar-refractivity contribution in [2.45, 2.75) is 30.7 Å². The minimum absolute atomic E-state index is 0.746. The Morgan fingerprint density at radius 3 is 2.61 bits per heavy atom. The van der Waals surface area contributed by atoms with Crippen LogP contribution in [-0.2, 0) is 5.75 Å². The zero-order valence-corrected chi connectivity index (χ0v) is 19.3. The number of rotatable bonds is 9. The van der Waals surface area contributed by atoms with Gasteiger partial charge in [0, 0.05) is 23.7 Å². The van der Waals surface area contributed by atoms with Crippen molar-refractivity contribution >= 4 is 29.0 Å². The molecule has 0 aliphatic rings. The summed E-state index contributed by atoms with van der Waals surface area (Å²) in [7, 11) is 0. The number of aromatic nitrogens is 5. The Kier molecular flexibility index (Phi) is 6.13. The summed E-state index contributed by atoms with van der Waals surface area (Å²) in [6.07, 6.45) is 7.95. The van der Waals surface area contributed by atoms with Crippen LogP contribution in [-0.4, -0.2) is 30.8 Å². The average Bonchev–Trinajstić information content (AvgIpc) is 3.48. The number of ether oxygens (including phenoxy) is 1. The molecule has 0 bridgehead atoms. The van der Waals surface area contributed by atoms with Crippen molar-refractivity contribution in [1.29, 1.82) is 0 Å². The number of hydrogen-bond acceptors (Lipinski definition) is 5. The van der Waals surface area contributed by atoms with Gasteiger partial charge in [-0.3, -0.25) is 4.40 Å². The Labute approximate surface area is 196 Å². The van der Waals surface area contributed by atoms with E-state index in [1.54, 1.807) is 11.8 Å². The maximum Gasteiger partial charge on any atom is 0.196 e. The van der Waals surface area contributed by atoms with Gasteiger partial charge in [-0.2, -0.15) is 5.10 Å². The summed E-state index contributed by atoms with van der Waals surface area (Å²) in [5, 5.41) is 14.5. The van der Waals surface area contributed by atoms with Crippen molar-refractivity contribution in [3.63, 3.8) is 0 Å². The molecule has 5 aromatic rings. The van der Waals surface area contributed by atoms with Crippen LogP contribution >= 0.6 is 11.8 Å². The summed E-state index contributed by atoms with van der Waals surface area (Å²) in [6.45, 7) is 6.71. The Morgan fingerprint density at radius 1 is 1.03 bits per heavy atom. The smallest absolute Gasteiger partial charge is 0.196 e. The zero-order chi connectivity index (χ0) is 22.6. The first kappa shape index (κ1) is 21.3. The van der Waals surface area contributed by atoms with Gasteiger partial charge in [0.1, 0.15) is 11.3 Å². The summed E-state index contributed by atoms with van der Waals surface area (Å²) in [6, 6.07) is 18.5. The molecule has 0 saturated heterocycles. The monoisotopic (exact) mass is 455 g/mol. The zero-order valence-electron chi connectivity index (χ0n) is 18.5. The predicted octanol–water partition coefficient (Wildman–Crippen LogP) is 6.16. The average molecular weight is 456 g/mol. The van der Waals surface area contributed by atoms with Crippen LogP contribution in [0.4, 0.5) is 0 Å². The first-order valence-corrected chi connectivity index (χ1v) is 12.0. The number of nitrogens with zero attached hydrogens (tertiary/aromatic N) is 5. The fourth-order valence-electron chi connectivity index (χ4n) is 3.58. The first-order valence-electron chi connectivity index (χ1n) is 11.1. The first-order chi connectivity index (χ1) is 16.2. The van der Waals surface area contributed by atoms with Gasteiger partial charge in [-0.1, -0.05) is 62.0 Å². The summed E-state index contributed by atoms with van der Waals surface area (Å²) in [4.78, 5) is 0. The van der Waals surface area contributed by atoms with E-state index in [1.807, 2.05) is 51.7 Å². The minimum atomic E-state index is 0.746. The maximum absolute atomic E-state index is 5.77. The molecule has 5 rings (SSSR count). The SMILES string of the molecule is C=Cc1ccc(CSc2nnc3c4cc(-c5ccc(OCCCC)cc5)nn4ccn23)cc1. The Bertz CT molecular complexity index is 1390. The summed E-state index contributed by atoms with van der Waals surface area (Å²) >= 11 is 1.66. The third kappa shape index (κ3) is 4.50. The molecule has 3 heterocycles. The number of unbranched alkanes of at least 4 members (excludes halogenated alkanes) is 1. The van der Waals surface area contributed by atoms with Gasteiger partial charge in [-0.05, 0) is 47.9 Å². The number of thioether (sulfide) groups is 1. The largest absolute Gasteiger partial charge is 0.494 e. The second-order valence-corrected chi connectivity index (χ2v) is 8.74. The van der Waals surface area contributed by atoms with Crippen LogP contribution in [0.5, 0.6) is 5.75 Å². The molecule has 7 heteroatoms. The van der Waals surface area contributed by atoms with E-state index in [4.69, 9.17) is 9.84 Å². The van der Waals surface area contributed by atoms with Gasteiger partial charge >= 0.3 is 0 Å². The quantitative estimate of drug-likeness (QED) is 0.197. The maximum atomic E-state index is 5.77. The van der Waals surface area contributed by atoms with E-state index in [0.29, 0.717) is 0 Å². The van der Waals surface area contributed by atoms with Crippen molar-refractivity contribution in [3.05, 3.63) is 84.7 Å². The van der Waals surface area contributed by atoms with E-state index < -0.39 is 0 Å². The van der Waals surface area contributed by atoms with E-state index >= 15 is 0 Å². The summed E-state index contributed by atoms with van der Waals surface area (Å²) in [5.74, 6) is 1.71. The highest BCUT2D eigenvalue weighted by atomic mass is 32.2. The van der Waals surface area contributed by atoms with E-state index in [9.17, 15) is 0 Å². The Morgan fingerprint density at radius 2 is 1.85 bits per heavy atom. The summed E-state index contributed by atoms with van der Waals surface area (Å²) < 4.78 is 9.65. The second-order valence-electron chi connectivity index (χ2n) is 7.79. The molecule has 2 aromatic carbocycles. The van der Waals surface area contributed by atoms with E-state index in [-0.39, 0.29) is 0 Å². The van der Waals surface area contributed by atoms with Crippen LogP contribution in [0.25, 0.3) is 28.5 Å².